The molecule has 0 aliphatic heterocycles. The second kappa shape index (κ2) is 5.91. The van der Waals surface area contributed by atoms with Gasteiger partial charge >= 0.3 is 0 Å². The molecular formula is C14H18ClN3O3. The summed E-state index contributed by atoms with van der Waals surface area (Å²) in [6.45, 7) is 0. The van der Waals surface area contributed by atoms with E-state index in [1.54, 1.807) is 26.4 Å². The molecule has 7 heteroatoms. The van der Waals surface area contributed by atoms with Crippen molar-refractivity contribution in [2.24, 2.45) is 5.73 Å². The van der Waals surface area contributed by atoms with E-state index in [-0.39, 0.29) is 12.4 Å². The van der Waals surface area contributed by atoms with Gasteiger partial charge in [-0.1, -0.05) is 5.16 Å². The summed E-state index contributed by atoms with van der Waals surface area (Å²) in [6.07, 6.45) is 2.91. The van der Waals surface area contributed by atoms with Crippen LogP contribution in [0.5, 0.6) is 11.5 Å². The quantitative estimate of drug-likeness (QED) is 0.934. The molecule has 114 valence electrons. The lowest BCUT2D eigenvalue weighted by molar-refractivity contribution is 0.229. The van der Waals surface area contributed by atoms with E-state index in [1.807, 2.05) is 6.07 Å². The van der Waals surface area contributed by atoms with Crippen LogP contribution in [0.15, 0.2) is 22.7 Å². The number of nitrogens with two attached hydrogens (primary N) is 1. The average Bonchev–Trinajstić information content (AvgIpc) is 2.94. The van der Waals surface area contributed by atoms with Gasteiger partial charge in [-0.3, -0.25) is 0 Å². The first kappa shape index (κ1) is 15.6. The Morgan fingerprint density at radius 1 is 1.19 bits per heavy atom. The molecule has 0 radical (unpaired) electrons. The van der Waals surface area contributed by atoms with E-state index in [2.05, 4.69) is 10.1 Å². The molecule has 2 aromatic rings. The number of methoxy groups -OCH3 is 2. The molecule has 1 fully saturated rings. The Bertz CT molecular complexity index is 626. The lowest BCUT2D eigenvalue weighted by Crippen LogP contribution is -2.44. The first-order chi connectivity index (χ1) is 9.66. The summed E-state index contributed by atoms with van der Waals surface area (Å²) in [6, 6.07) is 5.46. The summed E-state index contributed by atoms with van der Waals surface area (Å²) in [7, 11) is 3.18. The van der Waals surface area contributed by atoms with E-state index in [0.717, 1.165) is 24.8 Å². The van der Waals surface area contributed by atoms with Crippen LogP contribution in [-0.2, 0) is 5.54 Å². The number of ether oxygens (including phenoxy) is 2. The summed E-state index contributed by atoms with van der Waals surface area (Å²) in [5.74, 6) is 2.30. The van der Waals surface area contributed by atoms with Crippen molar-refractivity contribution >= 4 is 12.4 Å². The highest BCUT2D eigenvalue weighted by Gasteiger charge is 2.39. The third-order valence-electron chi connectivity index (χ3n) is 3.75. The van der Waals surface area contributed by atoms with E-state index in [0.29, 0.717) is 23.2 Å². The Morgan fingerprint density at radius 3 is 2.48 bits per heavy atom. The largest absolute Gasteiger partial charge is 0.493 e. The van der Waals surface area contributed by atoms with Gasteiger partial charge in [0.15, 0.2) is 17.3 Å². The summed E-state index contributed by atoms with van der Waals surface area (Å²) in [5, 5.41) is 4.00. The summed E-state index contributed by atoms with van der Waals surface area (Å²) < 4.78 is 15.8. The molecule has 6 nitrogen and oxygen atoms in total. The van der Waals surface area contributed by atoms with Crippen molar-refractivity contribution in [2.75, 3.05) is 14.2 Å². The first-order valence-corrected chi connectivity index (χ1v) is 6.52. The molecule has 1 aromatic heterocycles. The molecule has 3 rings (SSSR count). The monoisotopic (exact) mass is 311 g/mol. The molecule has 1 aliphatic rings. The number of aromatic nitrogens is 2. The highest BCUT2D eigenvalue weighted by Crippen LogP contribution is 2.38. The van der Waals surface area contributed by atoms with E-state index in [1.165, 1.54) is 0 Å². The Morgan fingerprint density at radius 2 is 1.90 bits per heavy atom. The maximum Gasteiger partial charge on any atom is 0.258 e. The molecule has 0 spiro atoms. The molecule has 1 aliphatic carbocycles. The minimum Gasteiger partial charge on any atom is -0.493 e. The van der Waals surface area contributed by atoms with Crippen LogP contribution in [0.1, 0.15) is 25.1 Å². The molecule has 0 saturated heterocycles. The van der Waals surface area contributed by atoms with Gasteiger partial charge in [-0.15, -0.1) is 12.4 Å². The molecular weight excluding hydrogens is 294 g/mol. The lowest BCUT2D eigenvalue weighted by Gasteiger charge is -2.34. The molecule has 21 heavy (non-hydrogen) atoms. The van der Waals surface area contributed by atoms with Crippen molar-refractivity contribution in [1.82, 2.24) is 10.1 Å². The van der Waals surface area contributed by atoms with Crippen LogP contribution in [0.3, 0.4) is 0 Å². The van der Waals surface area contributed by atoms with E-state index in [9.17, 15) is 0 Å². The zero-order valence-corrected chi connectivity index (χ0v) is 12.8. The van der Waals surface area contributed by atoms with Crippen LogP contribution < -0.4 is 15.2 Å². The topological polar surface area (TPSA) is 83.4 Å². The van der Waals surface area contributed by atoms with Crippen molar-refractivity contribution in [1.29, 1.82) is 0 Å². The Kier molecular flexibility index (Phi) is 4.39. The zero-order valence-electron chi connectivity index (χ0n) is 12.0. The highest BCUT2D eigenvalue weighted by molar-refractivity contribution is 5.85. The number of halogens is 1. The van der Waals surface area contributed by atoms with Crippen LogP contribution >= 0.6 is 12.4 Å². The van der Waals surface area contributed by atoms with Gasteiger partial charge in [0, 0.05) is 5.56 Å². The zero-order chi connectivity index (χ0) is 14.2. The van der Waals surface area contributed by atoms with Crippen molar-refractivity contribution < 1.29 is 14.0 Å². The van der Waals surface area contributed by atoms with Gasteiger partial charge in [0.05, 0.1) is 19.8 Å². The van der Waals surface area contributed by atoms with Crippen LogP contribution in [0.2, 0.25) is 0 Å². The van der Waals surface area contributed by atoms with Gasteiger partial charge in [-0.25, -0.2) is 0 Å². The molecule has 1 saturated carbocycles. The van der Waals surface area contributed by atoms with Gasteiger partial charge in [0.25, 0.3) is 5.89 Å². The standard InChI is InChI=1S/C14H17N3O3.ClH/c1-18-10-5-4-9(8-11(10)19-2)12-16-13(17-20-12)14(15)6-3-7-14;/h4-5,8H,3,6-7,15H2,1-2H3;1H. The second-order valence-corrected chi connectivity index (χ2v) is 5.00. The van der Waals surface area contributed by atoms with Crippen LogP contribution in [0.4, 0.5) is 0 Å². The van der Waals surface area contributed by atoms with Gasteiger partial charge in [0.1, 0.15) is 0 Å². The minimum absolute atomic E-state index is 0. The van der Waals surface area contributed by atoms with E-state index >= 15 is 0 Å². The fourth-order valence-corrected chi connectivity index (χ4v) is 2.29. The van der Waals surface area contributed by atoms with E-state index < -0.39 is 5.54 Å². The molecule has 1 heterocycles. The van der Waals surface area contributed by atoms with E-state index in [4.69, 9.17) is 19.7 Å². The summed E-state index contributed by atoms with van der Waals surface area (Å²) in [4.78, 5) is 4.41. The number of rotatable bonds is 4. The molecule has 1 aromatic carbocycles. The first-order valence-electron chi connectivity index (χ1n) is 6.52. The third-order valence-corrected chi connectivity index (χ3v) is 3.75. The van der Waals surface area contributed by atoms with Gasteiger partial charge in [-0.2, -0.15) is 4.98 Å². The molecule has 0 bridgehead atoms. The smallest absolute Gasteiger partial charge is 0.258 e. The second-order valence-electron chi connectivity index (χ2n) is 5.00. The fourth-order valence-electron chi connectivity index (χ4n) is 2.29. The maximum absolute atomic E-state index is 6.19. The number of hydrogen-bond acceptors (Lipinski definition) is 6. The van der Waals surface area contributed by atoms with Crippen molar-refractivity contribution in [3.63, 3.8) is 0 Å². The summed E-state index contributed by atoms with van der Waals surface area (Å²) in [5.41, 5.74) is 6.55. The maximum atomic E-state index is 6.19. The third kappa shape index (κ3) is 2.69. The SMILES string of the molecule is COc1ccc(-c2nc(C3(N)CCC3)no2)cc1OC.Cl. The van der Waals surface area contributed by atoms with Crippen molar-refractivity contribution in [3.05, 3.63) is 24.0 Å². The predicted octanol–water partition coefficient (Wildman–Crippen LogP) is 2.51. The fraction of sp³-hybridized carbons (Fsp3) is 0.429. The van der Waals surface area contributed by atoms with Crippen LogP contribution in [-0.4, -0.2) is 24.4 Å². The number of hydrogen-bond donors (Lipinski definition) is 1. The number of nitrogens with zero attached hydrogens (tertiary/aromatic N) is 2. The molecule has 0 unspecified atom stereocenters. The molecule has 0 amide bonds. The van der Waals surface area contributed by atoms with Crippen LogP contribution in [0.25, 0.3) is 11.5 Å². The van der Waals surface area contributed by atoms with Crippen LogP contribution in [0, 0.1) is 0 Å². The van der Waals surface area contributed by atoms with Crippen molar-refractivity contribution in [3.8, 4) is 23.0 Å². The Hall–Kier alpha value is -1.79. The van der Waals surface area contributed by atoms with Gasteiger partial charge in [-0.05, 0) is 37.5 Å². The molecule has 2 N–H and O–H groups in total. The van der Waals surface area contributed by atoms with Gasteiger partial charge in [0.2, 0.25) is 0 Å². The minimum atomic E-state index is -0.418. The predicted molar refractivity (Wildman–Crippen MR) is 79.8 cm³/mol. The Labute approximate surface area is 129 Å². The molecule has 0 atom stereocenters. The summed E-state index contributed by atoms with van der Waals surface area (Å²) >= 11 is 0. The lowest BCUT2D eigenvalue weighted by atomic mass is 9.77. The van der Waals surface area contributed by atoms with Crippen molar-refractivity contribution in [2.45, 2.75) is 24.8 Å². The highest BCUT2D eigenvalue weighted by atomic mass is 35.5. The normalized spacial score (nSPS) is 15.8. The average molecular weight is 312 g/mol. The Balaban J connectivity index is 0.00000161. The van der Waals surface area contributed by atoms with Gasteiger partial charge < -0.3 is 19.7 Å². The number of benzene rings is 1.